The molecule has 0 fully saturated rings. The number of hydrogen-bond donors (Lipinski definition) is 1. The summed E-state index contributed by atoms with van der Waals surface area (Å²) in [7, 11) is -3.07. The summed E-state index contributed by atoms with van der Waals surface area (Å²) in [5, 5.41) is 0. The predicted molar refractivity (Wildman–Crippen MR) is 76.8 cm³/mol. The molecule has 106 valence electrons. The summed E-state index contributed by atoms with van der Waals surface area (Å²) in [5.41, 5.74) is 7.85. The average Bonchev–Trinajstić information content (AvgIpc) is 2.36. The number of hydrogen-bond acceptors (Lipinski definition) is 4. The molecule has 0 aromatic heterocycles. The predicted octanol–water partition coefficient (Wildman–Crippen LogP) is 1.12. The Balaban J connectivity index is 2.53. The zero-order valence-electron chi connectivity index (χ0n) is 11.4. The Morgan fingerprint density at radius 3 is 2.21 bits per heavy atom. The van der Waals surface area contributed by atoms with E-state index in [4.69, 9.17) is 5.73 Å². The van der Waals surface area contributed by atoms with Gasteiger partial charge in [0, 0.05) is 12.7 Å². The molecule has 0 spiro atoms. The third-order valence-electron chi connectivity index (χ3n) is 3.02. The van der Waals surface area contributed by atoms with Crippen LogP contribution in [0.4, 0.5) is 0 Å². The number of Topliss-reactive ketones (excluding diaryl/α,β-unsaturated/α-hetero) is 1. The maximum absolute atomic E-state index is 11.9. The van der Waals surface area contributed by atoms with Crippen LogP contribution in [0.5, 0.6) is 0 Å². The van der Waals surface area contributed by atoms with Crippen LogP contribution in [0.15, 0.2) is 24.3 Å². The van der Waals surface area contributed by atoms with Gasteiger partial charge in [0.15, 0.2) is 5.78 Å². The van der Waals surface area contributed by atoms with Gasteiger partial charge in [-0.05, 0) is 24.0 Å². The van der Waals surface area contributed by atoms with E-state index >= 15 is 0 Å². The second kappa shape index (κ2) is 6.82. The Kier molecular flexibility index (Phi) is 5.69. The van der Waals surface area contributed by atoms with E-state index in [1.165, 1.54) is 5.56 Å². The van der Waals surface area contributed by atoms with E-state index in [1.807, 2.05) is 24.3 Å². The molecule has 0 aliphatic carbocycles. The summed E-state index contributed by atoms with van der Waals surface area (Å²) in [6.45, 7) is 2.07. The van der Waals surface area contributed by atoms with Crippen LogP contribution in [0.1, 0.15) is 24.5 Å². The van der Waals surface area contributed by atoms with Gasteiger partial charge < -0.3 is 5.73 Å². The largest absolute Gasteiger partial charge is 0.321 e. The summed E-state index contributed by atoms with van der Waals surface area (Å²) in [6.07, 6.45) is 2.55. The highest BCUT2D eigenvalue weighted by Gasteiger charge is 2.16. The summed E-state index contributed by atoms with van der Waals surface area (Å²) in [6, 6.07) is 7.11. The highest BCUT2D eigenvalue weighted by Crippen LogP contribution is 2.08. The van der Waals surface area contributed by atoms with Gasteiger partial charge in [0.2, 0.25) is 0 Å². The molecule has 0 bridgehead atoms. The van der Waals surface area contributed by atoms with Crippen LogP contribution in [-0.4, -0.2) is 32.3 Å². The molecule has 1 rings (SSSR count). The minimum absolute atomic E-state index is 0.0469. The number of sulfone groups is 1. The van der Waals surface area contributed by atoms with Gasteiger partial charge in [0.1, 0.15) is 9.84 Å². The van der Waals surface area contributed by atoms with Crippen LogP contribution < -0.4 is 5.73 Å². The number of benzene rings is 1. The Bertz CT molecular complexity index is 520. The zero-order chi connectivity index (χ0) is 14.5. The molecule has 19 heavy (non-hydrogen) atoms. The van der Waals surface area contributed by atoms with Gasteiger partial charge in [-0.2, -0.15) is 0 Å². The summed E-state index contributed by atoms with van der Waals surface area (Å²) in [4.78, 5) is 11.9. The van der Waals surface area contributed by atoms with Crippen molar-refractivity contribution in [2.24, 2.45) is 5.73 Å². The van der Waals surface area contributed by atoms with Crippen LogP contribution in [0.2, 0.25) is 0 Å². The van der Waals surface area contributed by atoms with Gasteiger partial charge >= 0.3 is 0 Å². The monoisotopic (exact) mass is 283 g/mol. The van der Waals surface area contributed by atoms with Crippen LogP contribution in [0.3, 0.4) is 0 Å². The Labute approximate surface area is 114 Å². The summed E-state index contributed by atoms with van der Waals surface area (Å²) in [5.74, 6) is -0.165. The van der Waals surface area contributed by atoms with E-state index in [0.29, 0.717) is 0 Å². The molecule has 1 unspecified atom stereocenters. The number of nitrogens with two attached hydrogens (primary N) is 1. The standard InChI is InChI=1S/C14H21NO3S/c1-3-11-4-6-12(7-5-11)10-14(16)13(15)8-9-19(2,17)18/h4-7,13H,3,8-10,15H2,1-2H3. The molecule has 1 aromatic carbocycles. The van der Waals surface area contributed by atoms with Crippen molar-refractivity contribution in [2.75, 3.05) is 12.0 Å². The zero-order valence-corrected chi connectivity index (χ0v) is 12.2. The third kappa shape index (κ3) is 5.98. The molecule has 0 saturated heterocycles. The SMILES string of the molecule is CCc1ccc(CC(=O)C(N)CCS(C)(=O)=O)cc1. The smallest absolute Gasteiger partial charge is 0.153 e. The lowest BCUT2D eigenvalue weighted by Gasteiger charge is -2.10. The molecule has 0 saturated carbocycles. The highest BCUT2D eigenvalue weighted by atomic mass is 32.2. The molecular weight excluding hydrogens is 262 g/mol. The molecule has 5 heteroatoms. The maximum atomic E-state index is 11.9. The Morgan fingerprint density at radius 2 is 1.74 bits per heavy atom. The van der Waals surface area contributed by atoms with Crippen LogP contribution in [0.25, 0.3) is 0 Å². The van der Waals surface area contributed by atoms with Crippen LogP contribution >= 0.6 is 0 Å². The van der Waals surface area contributed by atoms with Crippen molar-refractivity contribution in [2.45, 2.75) is 32.2 Å². The average molecular weight is 283 g/mol. The van der Waals surface area contributed by atoms with E-state index < -0.39 is 15.9 Å². The van der Waals surface area contributed by atoms with Gasteiger partial charge in [0.05, 0.1) is 11.8 Å². The maximum Gasteiger partial charge on any atom is 0.153 e. The fraction of sp³-hybridized carbons (Fsp3) is 0.500. The van der Waals surface area contributed by atoms with Crippen molar-refractivity contribution in [3.63, 3.8) is 0 Å². The molecule has 1 aromatic rings. The number of aryl methyl sites for hydroxylation is 1. The minimum atomic E-state index is -3.07. The van der Waals surface area contributed by atoms with E-state index in [0.717, 1.165) is 18.2 Å². The van der Waals surface area contributed by atoms with Gasteiger partial charge in [-0.3, -0.25) is 4.79 Å². The molecular formula is C14H21NO3S. The molecule has 4 nitrogen and oxygen atoms in total. The van der Waals surface area contributed by atoms with Crippen molar-refractivity contribution in [1.29, 1.82) is 0 Å². The fourth-order valence-electron chi connectivity index (χ4n) is 1.73. The first-order valence-corrected chi connectivity index (χ1v) is 8.41. The van der Waals surface area contributed by atoms with Crippen molar-refractivity contribution in [3.8, 4) is 0 Å². The first-order valence-electron chi connectivity index (χ1n) is 6.35. The van der Waals surface area contributed by atoms with E-state index in [9.17, 15) is 13.2 Å². The molecule has 0 aliphatic heterocycles. The number of carbonyl (C=O) groups excluding carboxylic acids is 1. The topological polar surface area (TPSA) is 77.2 Å². The minimum Gasteiger partial charge on any atom is -0.321 e. The van der Waals surface area contributed by atoms with Crippen LogP contribution in [-0.2, 0) is 27.5 Å². The number of carbonyl (C=O) groups is 1. The van der Waals surface area contributed by atoms with Gasteiger partial charge in [0.25, 0.3) is 0 Å². The molecule has 0 amide bonds. The fourth-order valence-corrected chi connectivity index (χ4v) is 2.41. The van der Waals surface area contributed by atoms with Crippen molar-refractivity contribution >= 4 is 15.6 Å². The van der Waals surface area contributed by atoms with Gasteiger partial charge in [-0.15, -0.1) is 0 Å². The number of ketones is 1. The lowest BCUT2D eigenvalue weighted by atomic mass is 10.0. The quantitative estimate of drug-likeness (QED) is 0.813. The molecule has 0 heterocycles. The molecule has 0 aliphatic rings. The van der Waals surface area contributed by atoms with Crippen LogP contribution in [0, 0.1) is 0 Å². The third-order valence-corrected chi connectivity index (χ3v) is 4.00. The molecule has 2 N–H and O–H groups in total. The highest BCUT2D eigenvalue weighted by molar-refractivity contribution is 7.90. The molecule has 1 atom stereocenters. The van der Waals surface area contributed by atoms with E-state index in [-0.39, 0.29) is 24.4 Å². The Hall–Kier alpha value is -1.20. The first kappa shape index (κ1) is 15.9. The number of rotatable bonds is 7. The Morgan fingerprint density at radius 1 is 1.21 bits per heavy atom. The van der Waals surface area contributed by atoms with Gasteiger partial charge in [-0.25, -0.2) is 8.42 Å². The lowest BCUT2D eigenvalue weighted by molar-refractivity contribution is -0.119. The van der Waals surface area contributed by atoms with Crippen molar-refractivity contribution < 1.29 is 13.2 Å². The van der Waals surface area contributed by atoms with Crippen molar-refractivity contribution in [1.82, 2.24) is 0 Å². The second-order valence-electron chi connectivity index (χ2n) is 4.84. The van der Waals surface area contributed by atoms with E-state index in [2.05, 4.69) is 6.92 Å². The summed E-state index contributed by atoms with van der Waals surface area (Å²) < 4.78 is 22.0. The van der Waals surface area contributed by atoms with Crippen molar-refractivity contribution in [3.05, 3.63) is 35.4 Å². The first-order chi connectivity index (χ1) is 8.81. The molecule has 0 radical (unpaired) electrons. The van der Waals surface area contributed by atoms with Gasteiger partial charge in [-0.1, -0.05) is 31.2 Å². The normalized spacial score (nSPS) is 13.2. The summed E-state index contributed by atoms with van der Waals surface area (Å²) >= 11 is 0. The van der Waals surface area contributed by atoms with E-state index in [1.54, 1.807) is 0 Å². The lowest BCUT2D eigenvalue weighted by Crippen LogP contribution is -2.33. The second-order valence-corrected chi connectivity index (χ2v) is 7.10.